The SMILES string of the molecule is CC(=O)OC[C@H]1O[C@@H](O[C@H]2C(C)(C)[C@H]3CC[C@@]2(C)C3)[C@H](N2C(=O)c3ccccc3C2=O)[C@@H](OC(C)=O)[C@@H]1OC(C)=O. The molecule has 1 aromatic rings. The fourth-order valence-electron chi connectivity index (χ4n) is 7.48. The number of nitrogens with zero attached hydrogens (tertiary/aromatic N) is 1. The molecule has 2 amide bonds. The van der Waals surface area contributed by atoms with Gasteiger partial charge in [0.05, 0.1) is 17.2 Å². The van der Waals surface area contributed by atoms with Gasteiger partial charge in [0.1, 0.15) is 18.8 Å². The van der Waals surface area contributed by atoms with E-state index in [1.807, 2.05) is 0 Å². The molecular weight excluding hydrogens is 534 g/mol. The van der Waals surface area contributed by atoms with Crippen LogP contribution < -0.4 is 0 Å². The Balaban J connectivity index is 1.61. The predicted molar refractivity (Wildman–Crippen MR) is 141 cm³/mol. The third kappa shape index (κ3) is 5.03. The molecule has 1 saturated heterocycles. The smallest absolute Gasteiger partial charge is 0.303 e. The third-order valence-electron chi connectivity index (χ3n) is 9.20. The van der Waals surface area contributed by atoms with Gasteiger partial charge in [0.2, 0.25) is 0 Å². The number of carbonyl (C=O) groups excluding carboxylic acids is 5. The van der Waals surface area contributed by atoms with Crippen molar-refractivity contribution in [2.24, 2.45) is 16.7 Å². The maximum Gasteiger partial charge on any atom is 0.303 e. The number of esters is 3. The van der Waals surface area contributed by atoms with Crippen molar-refractivity contribution in [2.75, 3.05) is 6.61 Å². The minimum Gasteiger partial charge on any atom is -0.463 e. The van der Waals surface area contributed by atoms with Gasteiger partial charge in [-0.3, -0.25) is 28.9 Å². The van der Waals surface area contributed by atoms with Crippen LogP contribution in [0.15, 0.2) is 24.3 Å². The molecule has 0 radical (unpaired) electrons. The van der Waals surface area contributed by atoms with Gasteiger partial charge >= 0.3 is 17.9 Å². The van der Waals surface area contributed by atoms with Crippen molar-refractivity contribution in [2.45, 2.75) is 97.6 Å². The molecule has 0 spiro atoms. The second-order valence-electron chi connectivity index (χ2n) is 12.4. The summed E-state index contributed by atoms with van der Waals surface area (Å²) >= 11 is 0. The van der Waals surface area contributed by atoms with Gasteiger partial charge in [0.15, 0.2) is 18.5 Å². The Morgan fingerprint density at radius 3 is 2.02 bits per heavy atom. The first kappa shape index (κ1) is 29.2. The zero-order valence-corrected chi connectivity index (χ0v) is 24.2. The summed E-state index contributed by atoms with van der Waals surface area (Å²) in [6, 6.07) is 5.09. The molecule has 0 N–H and O–H groups in total. The van der Waals surface area contributed by atoms with Gasteiger partial charge in [0, 0.05) is 20.8 Å². The Labute approximate surface area is 238 Å². The lowest BCUT2D eigenvalue weighted by molar-refractivity contribution is -0.311. The molecule has 2 saturated carbocycles. The summed E-state index contributed by atoms with van der Waals surface area (Å²) in [5, 5.41) is 0. The van der Waals surface area contributed by atoms with Gasteiger partial charge in [-0.25, -0.2) is 0 Å². The first-order chi connectivity index (χ1) is 19.2. The number of hydrogen-bond donors (Lipinski definition) is 0. The van der Waals surface area contributed by atoms with E-state index >= 15 is 0 Å². The molecular formula is C30H37NO10. The molecule has 222 valence electrons. The van der Waals surface area contributed by atoms with Crippen LogP contribution in [0.4, 0.5) is 0 Å². The topological polar surface area (TPSA) is 135 Å². The van der Waals surface area contributed by atoms with Crippen molar-refractivity contribution in [3.8, 4) is 0 Å². The van der Waals surface area contributed by atoms with E-state index in [4.69, 9.17) is 23.7 Å². The Hall–Kier alpha value is -3.31. The number of rotatable bonds is 7. The van der Waals surface area contributed by atoms with E-state index in [2.05, 4.69) is 20.8 Å². The Morgan fingerprint density at radius 1 is 0.927 bits per heavy atom. The van der Waals surface area contributed by atoms with Crippen molar-refractivity contribution in [1.82, 2.24) is 4.90 Å². The first-order valence-electron chi connectivity index (χ1n) is 14.0. The van der Waals surface area contributed by atoms with Crippen molar-refractivity contribution in [3.05, 3.63) is 35.4 Å². The number of amides is 2. The van der Waals surface area contributed by atoms with Gasteiger partial charge in [0.25, 0.3) is 11.8 Å². The van der Waals surface area contributed by atoms with Gasteiger partial charge < -0.3 is 23.7 Å². The van der Waals surface area contributed by atoms with Crippen LogP contribution >= 0.6 is 0 Å². The number of imide groups is 1. The molecule has 1 aromatic carbocycles. The summed E-state index contributed by atoms with van der Waals surface area (Å²) in [7, 11) is 0. The molecule has 2 bridgehead atoms. The summed E-state index contributed by atoms with van der Waals surface area (Å²) in [5.74, 6) is -2.85. The van der Waals surface area contributed by atoms with Crippen LogP contribution in [0.25, 0.3) is 0 Å². The summed E-state index contributed by atoms with van der Waals surface area (Å²) in [6.45, 7) is 9.66. The molecule has 8 atom stereocenters. The van der Waals surface area contributed by atoms with Gasteiger partial charge in [-0.05, 0) is 48.1 Å². The summed E-state index contributed by atoms with van der Waals surface area (Å²) < 4.78 is 29.7. The molecule has 3 fully saturated rings. The lowest BCUT2D eigenvalue weighted by Gasteiger charge is -2.50. The van der Waals surface area contributed by atoms with E-state index in [-0.39, 0.29) is 34.7 Å². The average Bonchev–Trinajstić information content (AvgIpc) is 3.46. The molecule has 5 rings (SSSR count). The van der Waals surface area contributed by atoms with E-state index in [1.54, 1.807) is 24.3 Å². The largest absolute Gasteiger partial charge is 0.463 e. The highest BCUT2D eigenvalue weighted by molar-refractivity contribution is 6.21. The van der Waals surface area contributed by atoms with Gasteiger partial charge in [-0.1, -0.05) is 32.9 Å². The standard InChI is InChI=1S/C30H37NO10/c1-15(32)37-14-21-23(38-16(2)33)24(39-17(3)34)22(31-25(35)19-9-7-8-10-20(19)26(31)36)27(40-21)41-28-29(4,5)18-11-12-30(28,6)13-18/h7-10,18,21-24,27-28H,11-14H2,1-6H3/t18-,21+,22+,23+,24+,27-,28-,30-/m0/s1. The number of fused-ring (bicyclic) bond motifs is 3. The Bertz CT molecular complexity index is 1240. The fourth-order valence-corrected chi connectivity index (χ4v) is 7.48. The molecule has 2 aliphatic carbocycles. The Kier molecular flexibility index (Phi) is 7.48. The van der Waals surface area contributed by atoms with Crippen LogP contribution in [0, 0.1) is 16.7 Å². The van der Waals surface area contributed by atoms with Gasteiger partial charge in [-0.2, -0.15) is 0 Å². The molecule has 11 nitrogen and oxygen atoms in total. The molecule has 2 aliphatic heterocycles. The monoisotopic (exact) mass is 571 g/mol. The van der Waals surface area contributed by atoms with E-state index in [9.17, 15) is 24.0 Å². The zero-order chi connectivity index (χ0) is 29.9. The fraction of sp³-hybridized carbons (Fsp3) is 0.633. The summed E-state index contributed by atoms with van der Waals surface area (Å²) in [5.41, 5.74) is -0.0518. The van der Waals surface area contributed by atoms with Crippen molar-refractivity contribution in [3.63, 3.8) is 0 Å². The molecule has 2 heterocycles. The summed E-state index contributed by atoms with van der Waals surface area (Å²) in [6.07, 6.45) is -2.44. The highest BCUT2D eigenvalue weighted by Gasteiger charge is 2.63. The first-order valence-corrected chi connectivity index (χ1v) is 14.0. The molecule has 0 unspecified atom stereocenters. The maximum atomic E-state index is 13.7. The highest BCUT2D eigenvalue weighted by Crippen LogP contribution is 2.64. The molecule has 4 aliphatic rings. The zero-order valence-electron chi connectivity index (χ0n) is 24.2. The quantitative estimate of drug-likeness (QED) is 0.273. The van der Waals surface area contributed by atoms with E-state index in [0.29, 0.717) is 5.92 Å². The minimum atomic E-state index is -1.37. The van der Waals surface area contributed by atoms with Crippen LogP contribution in [0.5, 0.6) is 0 Å². The van der Waals surface area contributed by atoms with Crippen LogP contribution in [-0.4, -0.2) is 78.0 Å². The Morgan fingerprint density at radius 2 is 1.51 bits per heavy atom. The van der Waals surface area contributed by atoms with Crippen LogP contribution in [0.3, 0.4) is 0 Å². The molecule has 41 heavy (non-hydrogen) atoms. The predicted octanol–water partition coefficient (Wildman–Crippen LogP) is 3.03. The maximum absolute atomic E-state index is 13.7. The average molecular weight is 572 g/mol. The third-order valence-corrected chi connectivity index (χ3v) is 9.20. The second-order valence-corrected chi connectivity index (χ2v) is 12.4. The number of carbonyl (C=O) groups is 5. The van der Waals surface area contributed by atoms with E-state index in [0.717, 1.165) is 24.2 Å². The van der Waals surface area contributed by atoms with Crippen LogP contribution in [-0.2, 0) is 38.1 Å². The van der Waals surface area contributed by atoms with Crippen molar-refractivity contribution >= 4 is 29.7 Å². The van der Waals surface area contributed by atoms with E-state index < -0.39 is 60.4 Å². The lowest BCUT2D eigenvalue weighted by atomic mass is 9.70. The number of hydrogen-bond acceptors (Lipinski definition) is 10. The highest BCUT2D eigenvalue weighted by atomic mass is 16.7. The minimum absolute atomic E-state index is 0.181. The van der Waals surface area contributed by atoms with Crippen LogP contribution in [0.2, 0.25) is 0 Å². The van der Waals surface area contributed by atoms with E-state index in [1.165, 1.54) is 20.8 Å². The summed E-state index contributed by atoms with van der Waals surface area (Å²) in [4.78, 5) is 64.9. The molecule has 11 heteroatoms. The number of ether oxygens (including phenoxy) is 5. The lowest BCUT2D eigenvalue weighted by Crippen LogP contribution is -2.68. The van der Waals surface area contributed by atoms with Crippen LogP contribution in [0.1, 0.15) is 81.5 Å². The van der Waals surface area contributed by atoms with Crippen molar-refractivity contribution < 1.29 is 47.7 Å². The van der Waals surface area contributed by atoms with Gasteiger partial charge in [-0.15, -0.1) is 0 Å². The van der Waals surface area contributed by atoms with Crippen molar-refractivity contribution in [1.29, 1.82) is 0 Å². The molecule has 0 aromatic heterocycles. The number of benzene rings is 1. The normalized spacial score (nSPS) is 35.3. The second kappa shape index (κ2) is 10.5.